The van der Waals surface area contributed by atoms with Gasteiger partial charge in [-0.2, -0.15) is 4.99 Å². The number of nitrogens with one attached hydrogen (secondary N) is 2. The molecule has 9 nitrogen and oxygen atoms in total. The molecule has 0 spiro atoms. The van der Waals surface area contributed by atoms with E-state index in [1.165, 1.54) is 0 Å². The number of hydrogen-bond donors (Lipinski definition) is 3. The molecule has 2 aliphatic heterocycles. The Labute approximate surface area is 176 Å². The number of carbonyl (C=O) groups excluding carboxylic acids is 3. The van der Waals surface area contributed by atoms with Gasteiger partial charge in [0.15, 0.2) is 16.7 Å². The molecule has 2 heterocycles. The normalized spacial score (nSPS) is 17.3. The Hall–Kier alpha value is -3.53. The second-order valence-electron chi connectivity index (χ2n) is 6.54. The van der Waals surface area contributed by atoms with Gasteiger partial charge in [-0.3, -0.25) is 14.4 Å². The Bertz CT molecular complexity index is 1060. The maximum absolute atomic E-state index is 12.6. The first-order valence-corrected chi connectivity index (χ1v) is 10.0. The number of nitrogens with zero attached hydrogens (tertiary/aromatic N) is 1. The Balaban J connectivity index is 1.38. The minimum atomic E-state index is -0.619. The van der Waals surface area contributed by atoms with Crippen LogP contribution in [-0.4, -0.2) is 41.4 Å². The number of aliphatic imine (C=N–C) groups is 1. The predicted octanol–water partition coefficient (Wildman–Crippen LogP) is 2.00. The third-order valence-electron chi connectivity index (χ3n) is 4.34. The number of nitrogens with two attached hydrogens (primary N) is 1. The summed E-state index contributed by atoms with van der Waals surface area (Å²) in [5.74, 6) is 0.0832. The Kier molecular flexibility index (Phi) is 5.57. The van der Waals surface area contributed by atoms with E-state index in [0.29, 0.717) is 41.7 Å². The van der Waals surface area contributed by atoms with Crippen molar-refractivity contribution in [3.8, 4) is 11.5 Å². The van der Waals surface area contributed by atoms with Crippen molar-refractivity contribution in [2.45, 2.75) is 11.7 Å². The topological polar surface area (TPSA) is 132 Å². The van der Waals surface area contributed by atoms with E-state index in [9.17, 15) is 14.4 Å². The van der Waals surface area contributed by atoms with Crippen molar-refractivity contribution in [3.05, 3.63) is 48.0 Å². The predicted molar refractivity (Wildman–Crippen MR) is 113 cm³/mol. The molecule has 3 amide bonds. The van der Waals surface area contributed by atoms with Gasteiger partial charge < -0.3 is 25.8 Å². The molecule has 0 aliphatic carbocycles. The lowest BCUT2D eigenvalue weighted by Gasteiger charge is -2.19. The van der Waals surface area contributed by atoms with Gasteiger partial charge in [-0.25, -0.2) is 0 Å². The number of thioether (sulfide) groups is 1. The largest absolute Gasteiger partial charge is 0.486 e. The van der Waals surface area contributed by atoms with Crippen molar-refractivity contribution < 1.29 is 23.9 Å². The van der Waals surface area contributed by atoms with Crippen LogP contribution in [0.2, 0.25) is 0 Å². The van der Waals surface area contributed by atoms with Crippen LogP contribution in [0.1, 0.15) is 16.8 Å². The van der Waals surface area contributed by atoms with Crippen LogP contribution >= 0.6 is 11.8 Å². The maximum atomic E-state index is 12.6. The second-order valence-corrected chi connectivity index (χ2v) is 7.76. The number of benzene rings is 2. The molecule has 0 unspecified atom stereocenters. The fourth-order valence-electron chi connectivity index (χ4n) is 2.98. The van der Waals surface area contributed by atoms with Gasteiger partial charge in [0.05, 0.1) is 0 Å². The molecule has 0 fully saturated rings. The molecule has 0 bridgehead atoms. The Morgan fingerprint density at radius 1 is 1.07 bits per heavy atom. The summed E-state index contributed by atoms with van der Waals surface area (Å²) < 4.78 is 11.0. The number of amides is 3. The van der Waals surface area contributed by atoms with E-state index in [1.54, 1.807) is 42.5 Å². The Morgan fingerprint density at radius 3 is 2.60 bits per heavy atom. The fourth-order valence-corrected chi connectivity index (χ4v) is 3.80. The van der Waals surface area contributed by atoms with Crippen LogP contribution in [0, 0.1) is 0 Å². The van der Waals surface area contributed by atoms with Gasteiger partial charge in [0.25, 0.3) is 11.8 Å². The van der Waals surface area contributed by atoms with Crippen molar-refractivity contribution in [1.29, 1.82) is 0 Å². The average Bonchev–Trinajstić information content (AvgIpc) is 3.04. The minimum Gasteiger partial charge on any atom is -0.486 e. The highest BCUT2D eigenvalue weighted by molar-refractivity contribution is 8.15. The number of amidine groups is 1. The molecular formula is C20H18N4O5S. The van der Waals surface area contributed by atoms with E-state index in [0.717, 1.165) is 11.8 Å². The van der Waals surface area contributed by atoms with Crippen LogP contribution in [0.4, 0.5) is 11.4 Å². The van der Waals surface area contributed by atoms with E-state index >= 15 is 0 Å². The SMILES string of the molecule is NC1=NC(=O)[C@H](CC(=O)Nc2cccc(C(=O)Nc3ccc4c(c3)OCCO4)c2)S1. The summed E-state index contributed by atoms with van der Waals surface area (Å²) in [6.45, 7) is 0.945. The smallest absolute Gasteiger partial charge is 0.262 e. The van der Waals surface area contributed by atoms with Gasteiger partial charge in [0.2, 0.25) is 5.91 Å². The summed E-state index contributed by atoms with van der Waals surface area (Å²) >= 11 is 1.07. The lowest BCUT2D eigenvalue weighted by Crippen LogP contribution is -2.22. The third kappa shape index (κ3) is 4.54. The molecule has 4 N–H and O–H groups in total. The second kappa shape index (κ2) is 8.46. The summed E-state index contributed by atoms with van der Waals surface area (Å²) in [5, 5.41) is 5.03. The van der Waals surface area contributed by atoms with Crippen molar-refractivity contribution in [1.82, 2.24) is 0 Å². The van der Waals surface area contributed by atoms with Crippen molar-refractivity contribution >= 4 is 46.0 Å². The van der Waals surface area contributed by atoms with Crippen LogP contribution in [0.25, 0.3) is 0 Å². The fraction of sp³-hybridized carbons (Fsp3) is 0.200. The number of hydrogen-bond acceptors (Lipinski definition) is 7. The standard InChI is InChI=1S/C20H18N4O5S/c21-20-24-19(27)16(30-20)10-17(25)22-12-3-1-2-11(8-12)18(26)23-13-4-5-14-15(9-13)29-7-6-28-14/h1-5,8-9,16H,6-7,10H2,(H,22,25)(H,23,26)(H2,21,24,27)/t16-/m0/s1. The first-order valence-electron chi connectivity index (χ1n) is 9.13. The van der Waals surface area contributed by atoms with Crippen LogP contribution in [0.5, 0.6) is 11.5 Å². The number of fused-ring (bicyclic) bond motifs is 1. The molecule has 0 radical (unpaired) electrons. The van der Waals surface area contributed by atoms with Gasteiger partial charge in [-0.05, 0) is 30.3 Å². The van der Waals surface area contributed by atoms with Crippen molar-refractivity contribution in [3.63, 3.8) is 0 Å². The van der Waals surface area contributed by atoms with E-state index in [-0.39, 0.29) is 23.4 Å². The zero-order valence-corrected chi connectivity index (χ0v) is 16.5. The molecule has 1 atom stereocenters. The highest BCUT2D eigenvalue weighted by atomic mass is 32.2. The number of ether oxygens (including phenoxy) is 2. The maximum Gasteiger partial charge on any atom is 0.262 e. The number of anilines is 2. The summed E-state index contributed by atoms with van der Waals surface area (Å²) in [7, 11) is 0. The van der Waals surface area contributed by atoms with Gasteiger partial charge in [-0.1, -0.05) is 17.8 Å². The van der Waals surface area contributed by atoms with E-state index in [1.807, 2.05) is 0 Å². The third-order valence-corrected chi connectivity index (χ3v) is 5.32. The molecule has 0 saturated heterocycles. The molecule has 0 saturated carbocycles. The van der Waals surface area contributed by atoms with Gasteiger partial charge in [0, 0.05) is 29.4 Å². The summed E-state index contributed by atoms with van der Waals surface area (Å²) in [6, 6.07) is 11.7. The van der Waals surface area contributed by atoms with Crippen molar-refractivity contribution in [2.75, 3.05) is 23.8 Å². The highest BCUT2D eigenvalue weighted by Gasteiger charge is 2.29. The Morgan fingerprint density at radius 2 is 1.83 bits per heavy atom. The minimum absolute atomic E-state index is 0.0542. The van der Waals surface area contributed by atoms with E-state index in [4.69, 9.17) is 15.2 Å². The zero-order valence-electron chi connectivity index (χ0n) is 15.7. The molecule has 154 valence electrons. The first-order chi connectivity index (χ1) is 14.5. The number of rotatable bonds is 5. The van der Waals surface area contributed by atoms with Crippen LogP contribution in [-0.2, 0) is 9.59 Å². The van der Waals surface area contributed by atoms with Gasteiger partial charge >= 0.3 is 0 Å². The molecule has 10 heteroatoms. The quantitative estimate of drug-likeness (QED) is 0.666. The molecule has 2 aromatic rings. The number of carbonyl (C=O) groups is 3. The van der Waals surface area contributed by atoms with Gasteiger partial charge in [-0.15, -0.1) is 0 Å². The van der Waals surface area contributed by atoms with Crippen LogP contribution in [0.3, 0.4) is 0 Å². The monoisotopic (exact) mass is 426 g/mol. The lowest BCUT2D eigenvalue weighted by atomic mass is 10.1. The summed E-state index contributed by atoms with van der Waals surface area (Å²) in [6.07, 6.45) is -0.0542. The van der Waals surface area contributed by atoms with E-state index in [2.05, 4.69) is 15.6 Å². The average molecular weight is 426 g/mol. The lowest BCUT2D eigenvalue weighted by molar-refractivity contribution is -0.121. The van der Waals surface area contributed by atoms with E-state index < -0.39 is 11.2 Å². The van der Waals surface area contributed by atoms with Gasteiger partial charge in [0.1, 0.15) is 18.5 Å². The zero-order chi connectivity index (χ0) is 21.1. The first kappa shape index (κ1) is 19.8. The highest BCUT2D eigenvalue weighted by Crippen LogP contribution is 2.32. The molecule has 2 aliphatic rings. The van der Waals surface area contributed by atoms with Crippen LogP contribution in [0.15, 0.2) is 47.5 Å². The summed E-state index contributed by atoms with van der Waals surface area (Å²) in [5.41, 5.74) is 6.87. The molecule has 2 aromatic carbocycles. The van der Waals surface area contributed by atoms with Crippen LogP contribution < -0.4 is 25.8 Å². The molecule has 4 rings (SSSR count). The van der Waals surface area contributed by atoms with Crippen molar-refractivity contribution in [2.24, 2.45) is 10.7 Å². The summed E-state index contributed by atoms with van der Waals surface area (Å²) in [4.78, 5) is 40.1. The molecule has 30 heavy (non-hydrogen) atoms. The molecule has 0 aromatic heterocycles. The molecular weight excluding hydrogens is 408 g/mol.